The summed E-state index contributed by atoms with van der Waals surface area (Å²) in [6, 6.07) is 1.98. The zero-order valence-corrected chi connectivity index (χ0v) is 13.0. The Morgan fingerprint density at radius 3 is 3.20 bits per heavy atom. The zero-order valence-electron chi connectivity index (χ0n) is 11.4. The molecule has 0 radical (unpaired) electrons. The molecule has 2 atom stereocenters. The fourth-order valence-electron chi connectivity index (χ4n) is 3.01. The summed E-state index contributed by atoms with van der Waals surface area (Å²) < 4.78 is 0. The van der Waals surface area contributed by atoms with Gasteiger partial charge in [0, 0.05) is 6.54 Å². The van der Waals surface area contributed by atoms with Crippen molar-refractivity contribution in [1.29, 1.82) is 0 Å². The van der Waals surface area contributed by atoms with E-state index in [2.05, 4.69) is 22.2 Å². The number of halogens is 1. The van der Waals surface area contributed by atoms with E-state index in [0.29, 0.717) is 18.3 Å². The Labute approximate surface area is 127 Å². The lowest BCUT2D eigenvalue weighted by Gasteiger charge is -2.35. The van der Waals surface area contributed by atoms with Gasteiger partial charge in [-0.05, 0) is 41.8 Å². The topological polar surface area (TPSA) is 58.0 Å². The first-order valence-electron chi connectivity index (χ1n) is 6.93. The first kappa shape index (κ1) is 14.0. The van der Waals surface area contributed by atoms with Crippen LogP contribution >= 0.6 is 22.9 Å². The van der Waals surface area contributed by atoms with Gasteiger partial charge in [0.05, 0.1) is 11.0 Å². The lowest BCUT2D eigenvalue weighted by molar-refractivity contribution is -0.000802. The van der Waals surface area contributed by atoms with Crippen LogP contribution in [0.5, 0.6) is 0 Å². The van der Waals surface area contributed by atoms with Crippen molar-refractivity contribution in [3.63, 3.8) is 0 Å². The van der Waals surface area contributed by atoms with Gasteiger partial charge in [0.25, 0.3) is 0 Å². The maximum atomic E-state index is 10.7. The largest absolute Gasteiger partial charge is 0.388 e. The second-order valence-electron chi connectivity index (χ2n) is 5.76. The number of fused-ring (bicyclic) bond motifs is 1. The highest BCUT2D eigenvalue weighted by atomic mass is 35.5. The Morgan fingerprint density at radius 2 is 2.40 bits per heavy atom. The number of aliphatic hydroxyl groups is 1. The molecule has 0 aliphatic heterocycles. The molecule has 0 saturated heterocycles. The third-order valence-corrected chi connectivity index (χ3v) is 4.93. The van der Waals surface area contributed by atoms with Gasteiger partial charge in [-0.1, -0.05) is 19.8 Å². The molecule has 1 fully saturated rings. The highest BCUT2D eigenvalue weighted by molar-refractivity contribution is 7.16. The van der Waals surface area contributed by atoms with E-state index in [1.807, 2.05) is 11.4 Å². The second-order valence-corrected chi connectivity index (χ2v) is 6.99. The van der Waals surface area contributed by atoms with Crippen molar-refractivity contribution < 1.29 is 5.11 Å². The molecule has 0 aromatic carbocycles. The third-order valence-electron chi connectivity index (χ3n) is 3.95. The maximum Gasteiger partial charge on any atom is 0.225 e. The Balaban J connectivity index is 1.78. The van der Waals surface area contributed by atoms with Crippen LogP contribution in [0.15, 0.2) is 11.4 Å². The molecule has 1 aliphatic carbocycles. The van der Waals surface area contributed by atoms with Crippen molar-refractivity contribution >= 4 is 39.0 Å². The van der Waals surface area contributed by atoms with Crippen LogP contribution in [-0.4, -0.2) is 27.2 Å². The molecule has 0 bridgehead atoms. The van der Waals surface area contributed by atoms with Gasteiger partial charge in [0.1, 0.15) is 10.6 Å². The van der Waals surface area contributed by atoms with Gasteiger partial charge in [0.2, 0.25) is 5.28 Å². The quantitative estimate of drug-likeness (QED) is 0.849. The molecule has 2 unspecified atom stereocenters. The van der Waals surface area contributed by atoms with Gasteiger partial charge in [0.15, 0.2) is 0 Å². The predicted octanol–water partition coefficient (Wildman–Crippen LogP) is 3.70. The van der Waals surface area contributed by atoms with Crippen molar-refractivity contribution in [2.75, 3.05) is 11.9 Å². The maximum absolute atomic E-state index is 10.7. The van der Waals surface area contributed by atoms with E-state index in [9.17, 15) is 5.11 Å². The Hall–Kier alpha value is -0.910. The van der Waals surface area contributed by atoms with Gasteiger partial charge in [-0.25, -0.2) is 9.97 Å². The second kappa shape index (κ2) is 5.47. The lowest BCUT2D eigenvalue weighted by Crippen LogP contribution is -2.41. The molecule has 4 nitrogen and oxygen atoms in total. The molecule has 0 amide bonds. The molecule has 2 aromatic rings. The summed E-state index contributed by atoms with van der Waals surface area (Å²) in [5, 5.41) is 17.1. The molecule has 1 saturated carbocycles. The first-order valence-corrected chi connectivity index (χ1v) is 8.18. The molecule has 0 spiro atoms. The fourth-order valence-corrected chi connectivity index (χ4v) is 3.99. The van der Waals surface area contributed by atoms with E-state index in [1.165, 1.54) is 17.8 Å². The molecule has 108 valence electrons. The fraction of sp³-hybridized carbons (Fsp3) is 0.571. The number of anilines is 1. The van der Waals surface area contributed by atoms with Crippen molar-refractivity contribution in [3.05, 3.63) is 16.7 Å². The normalized spacial score (nSPS) is 26.9. The van der Waals surface area contributed by atoms with Crippen LogP contribution in [0.3, 0.4) is 0 Å². The minimum absolute atomic E-state index is 0.242. The molecule has 3 rings (SSSR count). The van der Waals surface area contributed by atoms with Crippen LogP contribution in [0.2, 0.25) is 5.28 Å². The molecule has 1 aliphatic rings. The summed E-state index contributed by atoms with van der Waals surface area (Å²) in [6.45, 7) is 2.71. The highest BCUT2D eigenvalue weighted by Gasteiger charge is 2.32. The molecule has 2 heterocycles. The number of nitrogens with one attached hydrogen (secondary N) is 1. The van der Waals surface area contributed by atoms with E-state index < -0.39 is 5.60 Å². The van der Waals surface area contributed by atoms with Crippen molar-refractivity contribution in [1.82, 2.24) is 9.97 Å². The summed E-state index contributed by atoms with van der Waals surface area (Å²) in [4.78, 5) is 9.31. The zero-order chi connectivity index (χ0) is 14.2. The first-order chi connectivity index (χ1) is 9.56. The van der Waals surface area contributed by atoms with E-state index >= 15 is 0 Å². The van der Waals surface area contributed by atoms with Crippen LogP contribution in [0.1, 0.15) is 32.6 Å². The van der Waals surface area contributed by atoms with Crippen LogP contribution in [0.25, 0.3) is 10.2 Å². The molecule has 2 N–H and O–H groups in total. The number of nitrogens with zero attached hydrogens (tertiary/aromatic N) is 2. The number of aromatic nitrogens is 2. The molecule has 20 heavy (non-hydrogen) atoms. The Morgan fingerprint density at radius 1 is 1.55 bits per heavy atom. The number of hydrogen-bond acceptors (Lipinski definition) is 5. The summed E-state index contributed by atoms with van der Waals surface area (Å²) in [7, 11) is 0. The van der Waals surface area contributed by atoms with Gasteiger partial charge in [-0.15, -0.1) is 11.3 Å². The van der Waals surface area contributed by atoms with E-state index in [4.69, 9.17) is 11.6 Å². The van der Waals surface area contributed by atoms with E-state index in [0.717, 1.165) is 29.5 Å². The number of thiophene rings is 1. The van der Waals surface area contributed by atoms with Gasteiger partial charge < -0.3 is 10.4 Å². The van der Waals surface area contributed by atoms with Gasteiger partial charge in [-0.2, -0.15) is 0 Å². The van der Waals surface area contributed by atoms with E-state index in [1.54, 1.807) is 0 Å². The van der Waals surface area contributed by atoms with Crippen molar-refractivity contribution in [2.24, 2.45) is 5.92 Å². The monoisotopic (exact) mass is 311 g/mol. The molecular weight excluding hydrogens is 294 g/mol. The average molecular weight is 312 g/mol. The van der Waals surface area contributed by atoms with E-state index in [-0.39, 0.29) is 5.28 Å². The number of hydrogen-bond donors (Lipinski definition) is 2. The third kappa shape index (κ3) is 2.90. The van der Waals surface area contributed by atoms with Gasteiger partial charge >= 0.3 is 0 Å². The van der Waals surface area contributed by atoms with Gasteiger partial charge in [-0.3, -0.25) is 0 Å². The lowest BCUT2D eigenvalue weighted by atomic mass is 9.79. The molecular formula is C14H18ClN3OS. The molecule has 2 aromatic heterocycles. The summed E-state index contributed by atoms with van der Waals surface area (Å²) in [5.74, 6) is 1.29. The minimum Gasteiger partial charge on any atom is -0.388 e. The average Bonchev–Trinajstić information content (AvgIpc) is 2.83. The summed E-state index contributed by atoms with van der Waals surface area (Å²) >= 11 is 7.48. The molecule has 6 heteroatoms. The summed E-state index contributed by atoms with van der Waals surface area (Å²) in [5.41, 5.74) is -0.641. The van der Waals surface area contributed by atoms with Crippen LogP contribution < -0.4 is 5.32 Å². The standard InChI is InChI=1S/C14H18ClN3OS/c1-9-3-2-5-14(19,7-9)8-16-11-10-4-6-20-12(10)18-13(15)17-11/h4,6,9,19H,2-3,5,7-8H2,1H3,(H,16,17,18). The van der Waals surface area contributed by atoms with Crippen LogP contribution in [-0.2, 0) is 0 Å². The minimum atomic E-state index is -0.641. The number of rotatable bonds is 3. The Bertz CT molecular complexity index is 617. The van der Waals surface area contributed by atoms with Crippen molar-refractivity contribution in [2.45, 2.75) is 38.2 Å². The SMILES string of the molecule is CC1CCCC(O)(CNc2nc(Cl)nc3sccc23)C1. The smallest absolute Gasteiger partial charge is 0.225 e. The summed E-state index contributed by atoms with van der Waals surface area (Å²) in [6.07, 6.45) is 3.97. The van der Waals surface area contributed by atoms with Crippen LogP contribution in [0.4, 0.5) is 5.82 Å². The Kier molecular flexibility index (Phi) is 3.84. The van der Waals surface area contributed by atoms with Crippen molar-refractivity contribution in [3.8, 4) is 0 Å². The highest BCUT2D eigenvalue weighted by Crippen LogP contribution is 2.33. The van der Waals surface area contributed by atoms with Crippen LogP contribution in [0, 0.1) is 5.92 Å². The predicted molar refractivity (Wildman–Crippen MR) is 83.5 cm³/mol.